The minimum absolute atomic E-state index is 0.00340. The van der Waals surface area contributed by atoms with E-state index in [-0.39, 0.29) is 32.0 Å². The summed E-state index contributed by atoms with van der Waals surface area (Å²) in [5.74, 6) is -0.805. The van der Waals surface area contributed by atoms with Crippen LogP contribution in [-0.4, -0.2) is 42.8 Å². The zero-order chi connectivity index (χ0) is 45.3. The van der Waals surface area contributed by atoms with E-state index >= 15 is 0 Å². The first kappa shape index (κ1) is 59.8. The third-order valence-corrected chi connectivity index (χ3v) is 11.9. The summed E-state index contributed by atoms with van der Waals surface area (Å²) in [4.78, 5) is 34.9. The molecule has 0 aromatic rings. The van der Waals surface area contributed by atoms with Crippen molar-refractivity contribution in [3.8, 4) is 0 Å². The van der Waals surface area contributed by atoms with Crippen LogP contribution in [0.25, 0.3) is 0 Å². The summed E-state index contributed by atoms with van der Waals surface area (Å²) in [5.41, 5.74) is 0. The van der Waals surface area contributed by atoms with Crippen LogP contribution in [0.5, 0.6) is 0 Å². The lowest BCUT2D eigenvalue weighted by Gasteiger charge is -2.19. The van der Waals surface area contributed by atoms with Gasteiger partial charge in [0.25, 0.3) is 0 Å². The van der Waals surface area contributed by atoms with Crippen LogP contribution in [0.4, 0.5) is 0 Å². The predicted octanol–water partition coefficient (Wildman–Crippen LogP) is 16.7. The van der Waals surface area contributed by atoms with E-state index in [1.807, 2.05) is 0 Å². The van der Waals surface area contributed by atoms with Crippen LogP contribution < -0.4 is 0 Å². The zero-order valence-electron chi connectivity index (χ0n) is 40.3. The van der Waals surface area contributed by atoms with Gasteiger partial charge in [-0.15, -0.1) is 0 Å². The lowest BCUT2D eigenvalue weighted by atomic mass is 10.1. The van der Waals surface area contributed by atoms with Gasteiger partial charge in [-0.1, -0.05) is 203 Å². The Bertz CT molecular complexity index is 1190. The van der Waals surface area contributed by atoms with Crippen LogP contribution in [0.3, 0.4) is 0 Å². The second kappa shape index (κ2) is 48.2. The molecule has 0 heterocycles. The van der Waals surface area contributed by atoms with Crippen molar-refractivity contribution in [2.45, 2.75) is 245 Å². The fraction of sp³-hybridized carbons (Fsp3) is 0.774. The van der Waals surface area contributed by atoms with Crippen molar-refractivity contribution in [3.63, 3.8) is 0 Å². The maximum Gasteiger partial charge on any atom is 0.472 e. The van der Waals surface area contributed by atoms with Crippen LogP contribution in [-0.2, 0) is 32.7 Å². The summed E-state index contributed by atoms with van der Waals surface area (Å²) in [7, 11) is -4.29. The molecular weight excluding hydrogens is 796 g/mol. The third kappa shape index (κ3) is 47.2. The molecule has 62 heavy (non-hydrogen) atoms. The molecule has 0 spiro atoms. The Morgan fingerprint density at radius 1 is 0.452 bits per heavy atom. The topological polar surface area (TPSA) is 108 Å². The molecule has 0 aromatic heterocycles. The van der Waals surface area contributed by atoms with Gasteiger partial charge in [0.2, 0.25) is 0 Å². The summed E-state index contributed by atoms with van der Waals surface area (Å²) < 4.78 is 32.8. The Balaban J connectivity index is 4.00. The van der Waals surface area contributed by atoms with Crippen LogP contribution in [0.1, 0.15) is 239 Å². The molecule has 0 aromatic carbocycles. The molecule has 0 saturated carbocycles. The second-order valence-electron chi connectivity index (χ2n) is 16.8. The fourth-order valence-corrected chi connectivity index (χ4v) is 7.84. The SMILES string of the molecule is CC/C=C\C/C=C\C/C=C\C/C=C\CCCCCCCCCCC(=O)OC(COC(=O)CCCCCCCCCCC/C=C\CCCCCCCCCC)COP(=O)(O)OCC. The van der Waals surface area contributed by atoms with Crippen molar-refractivity contribution in [1.82, 2.24) is 0 Å². The fourth-order valence-electron chi connectivity index (χ4n) is 7.09. The van der Waals surface area contributed by atoms with Gasteiger partial charge in [-0.05, 0) is 84.0 Å². The monoisotopic (exact) mass is 891 g/mol. The summed E-state index contributed by atoms with van der Waals surface area (Å²) in [5, 5.41) is 0. The van der Waals surface area contributed by atoms with E-state index in [0.29, 0.717) is 6.42 Å². The normalized spacial score (nSPS) is 13.7. The molecule has 2 atom stereocenters. The number of rotatable bonds is 47. The van der Waals surface area contributed by atoms with Gasteiger partial charge >= 0.3 is 19.8 Å². The van der Waals surface area contributed by atoms with E-state index in [4.69, 9.17) is 18.5 Å². The van der Waals surface area contributed by atoms with Gasteiger partial charge in [-0.2, -0.15) is 0 Å². The molecule has 0 aliphatic heterocycles. The van der Waals surface area contributed by atoms with E-state index in [1.165, 1.54) is 128 Å². The number of hydrogen-bond donors (Lipinski definition) is 1. The first-order chi connectivity index (χ1) is 30.3. The highest BCUT2D eigenvalue weighted by molar-refractivity contribution is 7.47. The van der Waals surface area contributed by atoms with E-state index in [9.17, 15) is 19.0 Å². The van der Waals surface area contributed by atoms with Gasteiger partial charge in [0.15, 0.2) is 6.10 Å². The number of unbranched alkanes of at least 4 members (excludes halogenated alkanes) is 25. The quantitative estimate of drug-likeness (QED) is 0.0279. The van der Waals surface area contributed by atoms with Gasteiger partial charge in [-0.25, -0.2) is 4.57 Å². The molecule has 0 rings (SSSR count). The third-order valence-electron chi connectivity index (χ3n) is 10.8. The summed E-state index contributed by atoms with van der Waals surface area (Å²) in [6, 6.07) is 0. The van der Waals surface area contributed by atoms with Gasteiger partial charge in [-0.3, -0.25) is 18.6 Å². The molecule has 1 N–H and O–H groups in total. The highest BCUT2D eigenvalue weighted by atomic mass is 31.2. The molecule has 0 fully saturated rings. The molecule has 0 bridgehead atoms. The first-order valence-electron chi connectivity index (χ1n) is 25.6. The first-order valence-corrected chi connectivity index (χ1v) is 27.1. The number of phosphoric ester groups is 1. The molecule has 0 aliphatic rings. The molecular formula is C53H95O8P. The Kier molecular flexibility index (Phi) is 46.5. The highest BCUT2D eigenvalue weighted by Gasteiger charge is 2.25. The lowest BCUT2D eigenvalue weighted by molar-refractivity contribution is -0.161. The maximum atomic E-state index is 12.6. The van der Waals surface area contributed by atoms with E-state index in [2.05, 4.69) is 74.6 Å². The van der Waals surface area contributed by atoms with E-state index in [0.717, 1.165) is 70.6 Å². The van der Waals surface area contributed by atoms with Crippen LogP contribution in [0.2, 0.25) is 0 Å². The van der Waals surface area contributed by atoms with Crippen molar-refractivity contribution in [2.75, 3.05) is 19.8 Å². The standard InChI is InChI=1S/C53H95O8P/c1-4-7-9-11-13-15-17-19-21-23-25-27-29-31-33-35-37-39-41-43-45-47-52(54)58-49-51(50-60-62(56,57)59-6-3)61-53(55)48-46-44-42-40-38-36-34-32-30-28-26-24-22-20-18-16-14-12-10-8-5-2/h8,10,14,16,20,22-23,25-26,28,51H,4-7,9,11-13,15,17-19,21,24,27,29-50H2,1-3H3,(H,56,57)/b10-8-,16-14-,22-20-,25-23-,28-26-. The summed E-state index contributed by atoms with van der Waals surface area (Å²) in [6.45, 7) is 5.38. The van der Waals surface area contributed by atoms with Gasteiger partial charge in [0.1, 0.15) is 6.61 Å². The molecule has 0 saturated heterocycles. The smallest absolute Gasteiger partial charge is 0.462 e. The van der Waals surface area contributed by atoms with Crippen molar-refractivity contribution >= 4 is 19.8 Å². The minimum Gasteiger partial charge on any atom is -0.462 e. The van der Waals surface area contributed by atoms with Crippen LogP contribution in [0.15, 0.2) is 60.8 Å². The molecule has 8 nitrogen and oxygen atoms in total. The molecule has 0 aliphatic carbocycles. The lowest BCUT2D eigenvalue weighted by Crippen LogP contribution is -2.29. The Morgan fingerprint density at radius 3 is 1.26 bits per heavy atom. The van der Waals surface area contributed by atoms with Crippen LogP contribution >= 0.6 is 7.82 Å². The van der Waals surface area contributed by atoms with Gasteiger partial charge in [0, 0.05) is 12.8 Å². The number of ether oxygens (including phenoxy) is 2. The molecule has 0 radical (unpaired) electrons. The zero-order valence-corrected chi connectivity index (χ0v) is 41.2. The largest absolute Gasteiger partial charge is 0.472 e. The number of allylic oxidation sites excluding steroid dienone is 10. The number of carbonyl (C=O) groups excluding carboxylic acids is 2. The molecule has 9 heteroatoms. The van der Waals surface area contributed by atoms with Gasteiger partial charge < -0.3 is 14.4 Å². The number of hydrogen-bond acceptors (Lipinski definition) is 7. The van der Waals surface area contributed by atoms with Gasteiger partial charge in [0.05, 0.1) is 13.2 Å². The predicted molar refractivity (Wildman–Crippen MR) is 262 cm³/mol. The van der Waals surface area contributed by atoms with Crippen molar-refractivity contribution in [3.05, 3.63) is 60.8 Å². The van der Waals surface area contributed by atoms with E-state index in [1.54, 1.807) is 6.92 Å². The highest BCUT2D eigenvalue weighted by Crippen LogP contribution is 2.43. The van der Waals surface area contributed by atoms with E-state index < -0.39 is 26.5 Å². The van der Waals surface area contributed by atoms with Crippen molar-refractivity contribution < 1.29 is 37.6 Å². The molecule has 0 amide bonds. The summed E-state index contributed by atoms with van der Waals surface area (Å²) in [6.07, 6.45) is 59.9. The average molecular weight is 891 g/mol. The molecule has 360 valence electrons. The molecule has 2 unspecified atom stereocenters. The van der Waals surface area contributed by atoms with Crippen molar-refractivity contribution in [2.24, 2.45) is 0 Å². The Labute approximate surface area is 381 Å². The van der Waals surface area contributed by atoms with Crippen molar-refractivity contribution in [1.29, 1.82) is 0 Å². The number of phosphoric acid groups is 1. The number of carbonyl (C=O) groups is 2. The Morgan fingerprint density at radius 2 is 0.823 bits per heavy atom. The average Bonchev–Trinajstić information content (AvgIpc) is 3.25. The maximum absolute atomic E-state index is 12.6. The Hall–Kier alpha value is -2.25. The number of esters is 2. The summed E-state index contributed by atoms with van der Waals surface area (Å²) >= 11 is 0. The van der Waals surface area contributed by atoms with Crippen LogP contribution in [0, 0.1) is 0 Å². The second-order valence-corrected chi connectivity index (χ2v) is 18.3. The minimum atomic E-state index is -4.29.